The molecular weight excluding hydrogens is 396 g/mol. The molecule has 0 radical (unpaired) electrons. The molecule has 0 spiro atoms. The van der Waals surface area contributed by atoms with Crippen LogP contribution in [-0.2, 0) is 14.8 Å². The molecule has 0 saturated carbocycles. The highest BCUT2D eigenvalue weighted by atomic mass is 32.2. The van der Waals surface area contributed by atoms with E-state index in [1.807, 2.05) is 30.3 Å². The number of nitrogens with one attached hydrogen (secondary N) is 1. The lowest BCUT2D eigenvalue weighted by Crippen LogP contribution is -2.28. The molecule has 0 aliphatic carbocycles. The van der Waals surface area contributed by atoms with Gasteiger partial charge in [0.25, 0.3) is 0 Å². The van der Waals surface area contributed by atoms with Gasteiger partial charge in [-0.3, -0.25) is 4.79 Å². The molecule has 1 saturated heterocycles. The number of sulfonamides is 1. The normalized spacial score (nSPS) is 14.8. The van der Waals surface area contributed by atoms with Crippen molar-refractivity contribution in [1.29, 1.82) is 0 Å². The number of hydrogen-bond donors (Lipinski definition) is 1. The topological polar surface area (TPSA) is 75.7 Å². The number of benzene rings is 2. The summed E-state index contributed by atoms with van der Waals surface area (Å²) < 4.78 is 32.3. The van der Waals surface area contributed by atoms with Crippen LogP contribution in [0.1, 0.15) is 19.3 Å². The first kappa shape index (κ1) is 20.7. The fourth-order valence-electron chi connectivity index (χ4n) is 3.01. The Morgan fingerprint density at radius 2 is 1.86 bits per heavy atom. The van der Waals surface area contributed by atoms with E-state index in [0.29, 0.717) is 36.7 Å². The predicted octanol–water partition coefficient (Wildman–Crippen LogP) is 3.60. The van der Waals surface area contributed by atoms with Gasteiger partial charge in [-0.15, -0.1) is 11.8 Å². The molecule has 0 unspecified atom stereocenters. The van der Waals surface area contributed by atoms with Gasteiger partial charge < -0.3 is 10.1 Å². The van der Waals surface area contributed by atoms with E-state index in [2.05, 4.69) is 5.32 Å². The highest BCUT2D eigenvalue weighted by Crippen LogP contribution is 2.30. The van der Waals surface area contributed by atoms with Crippen LogP contribution in [0.25, 0.3) is 0 Å². The molecule has 8 heteroatoms. The maximum absolute atomic E-state index is 12.8. The Labute approximate surface area is 170 Å². The summed E-state index contributed by atoms with van der Waals surface area (Å²) in [6, 6.07) is 14.4. The Morgan fingerprint density at radius 1 is 1.14 bits per heavy atom. The summed E-state index contributed by atoms with van der Waals surface area (Å²) in [4.78, 5) is 13.6. The van der Waals surface area contributed by atoms with Crippen LogP contribution in [-0.4, -0.2) is 44.6 Å². The molecule has 1 fully saturated rings. The van der Waals surface area contributed by atoms with Gasteiger partial charge in [-0.05, 0) is 43.2 Å². The standard InChI is InChI=1S/C20H24N2O4S2/c1-26-19-10-9-17(28(24,25)22-12-5-6-13-22)15-18(19)21-20(23)11-14-27-16-7-3-2-4-8-16/h2-4,7-10,15H,5-6,11-14H2,1H3,(H,21,23). The molecule has 0 bridgehead atoms. The quantitative estimate of drug-likeness (QED) is 0.661. The minimum Gasteiger partial charge on any atom is -0.495 e. The molecule has 28 heavy (non-hydrogen) atoms. The van der Waals surface area contributed by atoms with Gasteiger partial charge in [0, 0.05) is 30.2 Å². The van der Waals surface area contributed by atoms with Crippen LogP contribution in [0.15, 0.2) is 58.3 Å². The van der Waals surface area contributed by atoms with Crippen molar-refractivity contribution < 1.29 is 17.9 Å². The fourth-order valence-corrected chi connectivity index (χ4v) is 5.43. The zero-order valence-electron chi connectivity index (χ0n) is 15.8. The molecule has 0 aromatic heterocycles. The van der Waals surface area contributed by atoms with Crippen molar-refractivity contribution in [3.8, 4) is 5.75 Å². The van der Waals surface area contributed by atoms with Crippen LogP contribution in [0, 0.1) is 0 Å². The molecule has 1 heterocycles. The van der Waals surface area contributed by atoms with Crippen molar-refractivity contribution in [3.63, 3.8) is 0 Å². The number of nitrogens with zero attached hydrogens (tertiary/aromatic N) is 1. The van der Waals surface area contributed by atoms with E-state index < -0.39 is 10.0 Å². The summed E-state index contributed by atoms with van der Waals surface area (Å²) in [6.45, 7) is 1.07. The van der Waals surface area contributed by atoms with Gasteiger partial charge >= 0.3 is 0 Å². The smallest absolute Gasteiger partial charge is 0.243 e. The maximum Gasteiger partial charge on any atom is 0.243 e. The first-order valence-electron chi connectivity index (χ1n) is 9.16. The van der Waals surface area contributed by atoms with Crippen molar-refractivity contribution in [2.24, 2.45) is 0 Å². The number of thioether (sulfide) groups is 1. The van der Waals surface area contributed by atoms with E-state index in [4.69, 9.17) is 4.74 Å². The van der Waals surface area contributed by atoms with Crippen LogP contribution in [0.3, 0.4) is 0 Å². The van der Waals surface area contributed by atoms with E-state index in [0.717, 1.165) is 17.7 Å². The highest BCUT2D eigenvalue weighted by Gasteiger charge is 2.28. The second kappa shape index (κ2) is 9.45. The molecular formula is C20H24N2O4S2. The zero-order valence-corrected chi connectivity index (χ0v) is 17.4. The van der Waals surface area contributed by atoms with E-state index in [1.165, 1.54) is 23.5 Å². The lowest BCUT2D eigenvalue weighted by atomic mass is 10.3. The van der Waals surface area contributed by atoms with Crippen LogP contribution >= 0.6 is 11.8 Å². The molecule has 1 N–H and O–H groups in total. The second-order valence-corrected chi connectivity index (χ2v) is 9.54. The summed E-state index contributed by atoms with van der Waals surface area (Å²) in [5.74, 6) is 0.881. The third-order valence-electron chi connectivity index (χ3n) is 4.49. The number of carbonyl (C=O) groups excluding carboxylic acids is 1. The van der Waals surface area contributed by atoms with Gasteiger partial charge in [0.05, 0.1) is 17.7 Å². The van der Waals surface area contributed by atoms with Crippen molar-refractivity contribution in [2.45, 2.75) is 29.1 Å². The Morgan fingerprint density at radius 3 is 2.54 bits per heavy atom. The summed E-state index contributed by atoms with van der Waals surface area (Å²) >= 11 is 1.60. The van der Waals surface area contributed by atoms with Crippen molar-refractivity contribution in [2.75, 3.05) is 31.3 Å². The van der Waals surface area contributed by atoms with Crippen LogP contribution < -0.4 is 10.1 Å². The maximum atomic E-state index is 12.8. The Hall–Kier alpha value is -2.03. The van der Waals surface area contributed by atoms with Gasteiger partial charge in [0.1, 0.15) is 5.75 Å². The minimum atomic E-state index is -3.55. The molecule has 0 atom stereocenters. The van der Waals surface area contributed by atoms with E-state index in [9.17, 15) is 13.2 Å². The van der Waals surface area contributed by atoms with Crippen molar-refractivity contribution in [3.05, 3.63) is 48.5 Å². The van der Waals surface area contributed by atoms with Crippen molar-refractivity contribution in [1.82, 2.24) is 4.31 Å². The summed E-state index contributed by atoms with van der Waals surface area (Å²) in [7, 11) is -2.06. The summed E-state index contributed by atoms with van der Waals surface area (Å²) in [6.07, 6.45) is 2.06. The van der Waals surface area contributed by atoms with Gasteiger partial charge in [0.15, 0.2) is 0 Å². The molecule has 1 amide bonds. The van der Waals surface area contributed by atoms with E-state index >= 15 is 0 Å². The number of amides is 1. The highest BCUT2D eigenvalue weighted by molar-refractivity contribution is 7.99. The van der Waals surface area contributed by atoms with Gasteiger partial charge in [0.2, 0.25) is 15.9 Å². The molecule has 1 aliphatic rings. The molecule has 150 valence electrons. The molecule has 1 aliphatic heterocycles. The van der Waals surface area contributed by atoms with Crippen molar-refractivity contribution >= 4 is 33.4 Å². The van der Waals surface area contributed by atoms with Crippen LogP contribution in [0.4, 0.5) is 5.69 Å². The van der Waals surface area contributed by atoms with E-state index in [-0.39, 0.29) is 10.8 Å². The average molecular weight is 421 g/mol. The zero-order chi connectivity index (χ0) is 20.0. The number of hydrogen-bond acceptors (Lipinski definition) is 5. The van der Waals surface area contributed by atoms with E-state index in [1.54, 1.807) is 17.8 Å². The lowest BCUT2D eigenvalue weighted by Gasteiger charge is -2.17. The second-order valence-electron chi connectivity index (χ2n) is 6.43. The number of anilines is 1. The first-order chi connectivity index (χ1) is 13.5. The van der Waals surface area contributed by atoms with Gasteiger partial charge in [-0.25, -0.2) is 8.42 Å². The van der Waals surface area contributed by atoms with Gasteiger partial charge in [-0.1, -0.05) is 18.2 Å². The lowest BCUT2D eigenvalue weighted by molar-refractivity contribution is -0.115. The number of ether oxygens (including phenoxy) is 1. The van der Waals surface area contributed by atoms with Crippen LogP contribution in [0.5, 0.6) is 5.75 Å². The Balaban J connectivity index is 1.67. The molecule has 3 rings (SSSR count). The largest absolute Gasteiger partial charge is 0.495 e. The molecule has 2 aromatic carbocycles. The summed E-state index contributed by atoms with van der Waals surface area (Å²) in [5, 5.41) is 2.79. The monoisotopic (exact) mass is 420 g/mol. The number of methoxy groups -OCH3 is 1. The minimum absolute atomic E-state index is 0.171. The molecule has 6 nitrogen and oxygen atoms in total. The SMILES string of the molecule is COc1ccc(S(=O)(=O)N2CCCC2)cc1NC(=O)CCSc1ccccc1. The number of carbonyl (C=O) groups is 1. The number of rotatable bonds is 8. The fraction of sp³-hybridized carbons (Fsp3) is 0.350. The third-order valence-corrected chi connectivity index (χ3v) is 7.40. The average Bonchev–Trinajstić information content (AvgIpc) is 3.24. The first-order valence-corrected chi connectivity index (χ1v) is 11.6. The van der Waals surface area contributed by atoms with Crippen LogP contribution in [0.2, 0.25) is 0 Å². The third kappa shape index (κ3) is 5.06. The Bertz CT molecular complexity index is 911. The Kier molecular flexibility index (Phi) is 6.98. The molecule has 2 aromatic rings. The predicted molar refractivity (Wildman–Crippen MR) is 111 cm³/mol. The summed E-state index contributed by atoms with van der Waals surface area (Å²) in [5.41, 5.74) is 0.373. The van der Waals surface area contributed by atoms with Gasteiger partial charge in [-0.2, -0.15) is 4.31 Å².